The topological polar surface area (TPSA) is 49.6 Å². The van der Waals surface area contributed by atoms with Crippen LogP contribution in [0.25, 0.3) is 0 Å². The zero-order valence-corrected chi connectivity index (χ0v) is 13.4. The second-order valence-electron chi connectivity index (χ2n) is 6.31. The Balaban J connectivity index is 1.35. The van der Waals surface area contributed by atoms with Crippen LogP contribution in [0.1, 0.15) is 22.0 Å². The van der Waals surface area contributed by atoms with Crippen molar-refractivity contribution in [2.45, 2.75) is 13.5 Å². The first kappa shape index (κ1) is 14.0. The molecule has 4 heterocycles. The Labute approximate surface area is 133 Å². The predicted molar refractivity (Wildman–Crippen MR) is 83.7 cm³/mol. The van der Waals surface area contributed by atoms with Crippen LogP contribution in [0, 0.1) is 18.8 Å². The first-order chi connectivity index (χ1) is 10.7. The fourth-order valence-corrected chi connectivity index (χ4v) is 4.18. The molecule has 2 saturated heterocycles. The molecule has 116 valence electrons. The molecule has 4 rings (SSSR count). The Morgan fingerprint density at radius 2 is 2.09 bits per heavy atom. The van der Waals surface area contributed by atoms with Crippen LogP contribution in [0.3, 0.4) is 0 Å². The molecule has 0 saturated carbocycles. The fourth-order valence-electron chi connectivity index (χ4n) is 3.66. The summed E-state index contributed by atoms with van der Waals surface area (Å²) < 4.78 is 5.66. The molecule has 0 unspecified atom stereocenters. The van der Waals surface area contributed by atoms with Crippen molar-refractivity contribution < 1.29 is 9.21 Å². The van der Waals surface area contributed by atoms with Gasteiger partial charge >= 0.3 is 0 Å². The molecule has 2 aliphatic rings. The molecule has 5 nitrogen and oxygen atoms in total. The first-order valence-corrected chi connectivity index (χ1v) is 8.58. The maximum absolute atomic E-state index is 12.4. The third kappa shape index (κ3) is 2.57. The van der Waals surface area contributed by atoms with Gasteiger partial charge in [-0.3, -0.25) is 9.69 Å². The Morgan fingerprint density at radius 1 is 1.32 bits per heavy atom. The number of amides is 1. The van der Waals surface area contributed by atoms with E-state index in [-0.39, 0.29) is 5.91 Å². The minimum Gasteiger partial charge on any atom is -0.465 e. The van der Waals surface area contributed by atoms with Gasteiger partial charge in [-0.2, -0.15) is 0 Å². The minimum atomic E-state index is 0.0869. The van der Waals surface area contributed by atoms with Crippen LogP contribution in [-0.2, 0) is 6.54 Å². The molecule has 0 bridgehead atoms. The SMILES string of the molecule is Cc1ccc(CN2C[C@H]3CN(C(=O)c4cscn4)C[C@@H]3C2)o1. The van der Waals surface area contributed by atoms with E-state index in [1.807, 2.05) is 23.3 Å². The molecular formula is C16H19N3O2S. The number of rotatable bonds is 3. The van der Waals surface area contributed by atoms with Gasteiger partial charge in [0.05, 0.1) is 12.1 Å². The highest BCUT2D eigenvalue weighted by atomic mass is 32.1. The molecule has 2 aliphatic heterocycles. The number of aryl methyl sites for hydroxylation is 1. The zero-order chi connectivity index (χ0) is 15.1. The number of likely N-dealkylation sites (tertiary alicyclic amines) is 2. The van der Waals surface area contributed by atoms with E-state index in [9.17, 15) is 4.79 Å². The second kappa shape index (κ2) is 5.52. The standard InChI is InChI=1S/C16H19N3O2S/c1-11-2-3-14(21-11)8-18-4-12-6-19(7-13(12)5-18)16(20)15-9-22-10-17-15/h2-3,9-10,12-13H,4-8H2,1H3/t12-,13-/m0/s1. The fraction of sp³-hybridized carbons (Fsp3) is 0.500. The summed E-state index contributed by atoms with van der Waals surface area (Å²) in [7, 11) is 0. The summed E-state index contributed by atoms with van der Waals surface area (Å²) in [6, 6.07) is 4.07. The average molecular weight is 317 g/mol. The summed E-state index contributed by atoms with van der Waals surface area (Å²) in [6.45, 7) is 6.66. The summed E-state index contributed by atoms with van der Waals surface area (Å²) >= 11 is 1.47. The normalized spacial score (nSPS) is 24.9. The van der Waals surface area contributed by atoms with Gasteiger partial charge in [-0.05, 0) is 30.9 Å². The smallest absolute Gasteiger partial charge is 0.273 e. The van der Waals surface area contributed by atoms with Crippen molar-refractivity contribution in [2.75, 3.05) is 26.2 Å². The highest BCUT2D eigenvalue weighted by molar-refractivity contribution is 7.07. The molecule has 0 aromatic carbocycles. The maximum Gasteiger partial charge on any atom is 0.273 e. The summed E-state index contributed by atoms with van der Waals surface area (Å²) in [6.07, 6.45) is 0. The van der Waals surface area contributed by atoms with Gasteiger partial charge in [0.25, 0.3) is 5.91 Å². The Bertz CT molecular complexity index is 653. The summed E-state index contributed by atoms with van der Waals surface area (Å²) in [5.41, 5.74) is 2.31. The van der Waals surface area contributed by atoms with Gasteiger partial charge in [-0.25, -0.2) is 4.98 Å². The van der Waals surface area contributed by atoms with E-state index in [1.54, 1.807) is 5.51 Å². The van der Waals surface area contributed by atoms with E-state index in [0.29, 0.717) is 17.5 Å². The number of carbonyl (C=O) groups is 1. The number of fused-ring (bicyclic) bond motifs is 1. The molecule has 2 aromatic heterocycles. The molecule has 1 amide bonds. The van der Waals surface area contributed by atoms with Crippen LogP contribution in [0.4, 0.5) is 0 Å². The van der Waals surface area contributed by atoms with Crippen molar-refractivity contribution in [3.63, 3.8) is 0 Å². The first-order valence-electron chi connectivity index (χ1n) is 7.64. The molecule has 2 atom stereocenters. The molecule has 0 spiro atoms. The molecule has 0 radical (unpaired) electrons. The molecular weight excluding hydrogens is 298 g/mol. The van der Waals surface area contributed by atoms with Crippen LogP contribution < -0.4 is 0 Å². The second-order valence-corrected chi connectivity index (χ2v) is 7.03. The van der Waals surface area contributed by atoms with Gasteiger partial charge in [0.2, 0.25) is 0 Å². The molecule has 0 N–H and O–H groups in total. The van der Waals surface area contributed by atoms with E-state index in [0.717, 1.165) is 44.2 Å². The van der Waals surface area contributed by atoms with E-state index in [2.05, 4.69) is 16.0 Å². The number of hydrogen-bond acceptors (Lipinski definition) is 5. The number of carbonyl (C=O) groups excluding carboxylic acids is 1. The lowest BCUT2D eigenvalue weighted by Crippen LogP contribution is -2.33. The van der Waals surface area contributed by atoms with Crippen LogP contribution in [0.15, 0.2) is 27.4 Å². The van der Waals surface area contributed by atoms with Gasteiger partial charge in [0.1, 0.15) is 17.2 Å². The monoisotopic (exact) mass is 317 g/mol. The summed E-state index contributed by atoms with van der Waals surface area (Å²) in [4.78, 5) is 20.9. The number of thiazole rings is 1. The van der Waals surface area contributed by atoms with Crippen molar-refractivity contribution in [2.24, 2.45) is 11.8 Å². The number of hydrogen-bond donors (Lipinski definition) is 0. The Morgan fingerprint density at radius 3 is 2.68 bits per heavy atom. The zero-order valence-electron chi connectivity index (χ0n) is 12.6. The van der Waals surface area contributed by atoms with Crippen molar-refractivity contribution in [3.8, 4) is 0 Å². The lowest BCUT2D eigenvalue weighted by molar-refractivity contribution is 0.0767. The van der Waals surface area contributed by atoms with Crippen LogP contribution in [0.5, 0.6) is 0 Å². The third-order valence-corrected chi connectivity index (χ3v) is 5.26. The Kier molecular flexibility index (Phi) is 3.50. The van der Waals surface area contributed by atoms with Gasteiger partial charge in [0, 0.05) is 31.6 Å². The van der Waals surface area contributed by atoms with Crippen LogP contribution >= 0.6 is 11.3 Å². The largest absolute Gasteiger partial charge is 0.465 e. The van der Waals surface area contributed by atoms with Crippen molar-refractivity contribution in [3.05, 3.63) is 40.2 Å². The van der Waals surface area contributed by atoms with Gasteiger partial charge in [0.15, 0.2) is 0 Å². The predicted octanol–water partition coefficient (Wildman–Crippen LogP) is 2.25. The maximum atomic E-state index is 12.4. The molecule has 22 heavy (non-hydrogen) atoms. The van der Waals surface area contributed by atoms with Crippen LogP contribution in [0.2, 0.25) is 0 Å². The molecule has 2 fully saturated rings. The van der Waals surface area contributed by atoms with Crippen molar-refractivity contribution in [1.29, 1.82) is 0 Å². The van der Waals surface area contributed by atoms with Crippen molar-refractivity contribution in [1.82, 2.24) is 14.8 Å². The van der Waals surface area contributed by atoms with E-state index >= 15 is 0 Å². The lowest BCUT2D eigenvalue weighted by atomic mass is 10.0. The van der Waals surface area contributed by atoms with E-state index < -0.39 is 0 Å². The highest BCUT2D eigenvalue weighted by Crippen LogP contribution is 2.32. The minimum absolute atomic E-state index is 0.0869. The van der Waals surface area contributed by atoms with Gasteiger partial charge < -0.3 is 9.32 Å². The van der Waals surface area contributed by atoms with E-state index in [1.165, 1.54) is 11.3 Å². The number of nitrogens with zero attached hydrogens (tertiary/aromatic N) is 3. The van der Waals surface area contributed by atoms with Crippen molar-refractivity contribution >= 4 is 17.2 Å². The lowest BCUT2D eigenvalue weighted by Gasteiger charge is -2.20. The highest BCUT2D eigenvalue weighted by Gasteiger charge is 2.42. The third-order valence-electron chi connectivity index (χ3n) is 4.68. The number of aromatic nitrogens is 1. The molecule has 2 aromatic rings. The summed E-state index contributed by atoms with van der Waals surface area (Å²) in [5, 5.41) is 1.84. The van der Waals surface area contributed by atoms with Gasteiger partial charge in [-0.15, -0.1) is 11.3 Å². The summed E-state index contributed by atoms with van der Waals surface area (Å²) in [5.74, 6) is 3.25. The van der Waals surface area contributed by atoms with Crippen LogP contribution in [-0.4, -0.2) is 46.9 Å². The molecule has 6 heteroatoms. The quantitative estimate of drug-likeness (QED) is 0.871. The molecule has 0 aliphatic carbocycles. The van der Waals surface area contributed by atoms with Gasteiger partial charge in [-0.1, -0.05) is 0 Å². The van der Waals surface area contributed by atoms with E-state index in [4.69, 9.17) is 4.42 Å². The number of furan rings is 1. The Hall–Kier alpha value is -1.66. The average Bonchev–Trinajstić information content (AvgIpc) is 3.21.